The largest absolute Gasteiger partial charge is 0.462 e. The zero-order valence-corrected chi connectivity index (χ0v) is 12.7. The van der Waals surface area contributed by atoms with Crippen LogP contribution >= 0.6 is 0 Å². The van der Waals surface area contributed by atoms with E-state index >= 15 is 0 Å². The van der Waals surface area contributed by atoms with Crippen LogP contribution in [0.15, 0.2) is 17.1 Å². The summed E-state index contributed by atoms with van der Waals surface area (Å²) in [4.78, 5) is 23.6. The normalized spacial score (nSPS) is 15.3. The molecule has 0 unspecified atom stereocenters. The van der Waals surface area contributed by atoms with Gasteiger partial charge in [0.05, 0.1) is 30.4 Å². The molecule has 1 heterocycles. The van der Waals surface area contributed by atoms with Gasteiger partial charge in [0.2, 0.25) is 0 Å². The van der Waals surface area contributed by atoms with E-state index in [0.29, 0.717) is 6.07 Å². The van der Waals surface area contributed by atoms with Gasteiger partial charge in [-0.2, -0.15) is 13.2 Å². The predicted octanol–water partition coefficient (Wildman–Crippen LogP) is 2.61. The Morgan fingerprint density at radius 3 is 2.61 bits per heavy atom. The average Bonchev–Trinajstić information content (AvgIpc) is 2.41. The maximum atomic E-state index is 13.0. The van der Waals surface area contributed by atoms with Gasteiger partial charge in [-0.1, -0.05) is 0 Å². The topological polar surface area (TPSA) is 57.5 Å². The van der Waals surface area contributed by atoms with Gasteiger partial charge in [-0.3, -0.25) is 4.79 Å². The lowest BCUT2D eigenvalue weighted by Gasteiger charge is -2.25. The second-order valence-corrected chi connectivity index (χ2v) is 5.27. The molecule has 128 valence electrons. The van der Waals surface area contributed by atoms with Crippen LogP contribution in [0.5, 0.6) is 0 Å². The van der Waals surface area contributed by atoms with Gasteiger partial charge in [0.1, 0.15) is 0 Å². The van der Waals surface area contributed by atoms with E-state index in [1.165, 1.54) is 6.92 Å². The maximum absolute atomic E-state index is 13.0. The summed E-state index contributed by atoms with van der Waals surface area (Å²) < 4.78 is 50.1. The van der Waals surface area contributed by atoms with Gasteiger partial charge in [-0.25, -0.2) is 4.79 Å². The third-order valence-electron chi connectivity index (χ3n) is 3.66. The Balaban J connectivity index is 2.23. The average molecular weight is 333 g/mol. The molecule has 1 aliphatic rings. The van der Waals surface area contributed by atoms with Gasteiger partial charge >= 0.3 is 12.1 Å². The molecule has 23 heavy (non-hydrogen) atoms. The summed E-state index contributed by atoms with van der Waals surface area (Å²) in [6, 6.07) is 0.426. The fourth-order valence-corrected chi connectivity index (χ4v) is 2.21. The van der Waals surface area contributed by atoms with Crippen LogP contribution in [0.2, 0.25) is 0 Å². The standard InChI is InChI=1S/C15H18F3NO4/c1-2-22-14(21)11-9-19(6-7-23-10-4-3-5-10)13(20)8-12(11)15(16,17)18/h8-10H,2-7H2,1H3. The van der Waals surface area contributed by atoms with E-state index in [9.17, 15) is 22.8 Å². The Bertz CT molecular complexity index is 620. The zero-order valence-electron chi connectivity index (χ0n) is 12.7. The van der Waals surface area contributed by atoms with E-state index in [2.05, 4.69) is 4.74 Å². The molecule has 0 bridgehead atoms. The number of esters is 1. The predicted molar refractivity (Wildman–Crippen MR) is 75.3 cm³/mol. The van der Waals surface area contributed by atoms with E-state index in [0.717, 1.165) is 30.0 Å². The summed E-state index contributed by atoms with van der Waals surface area (Å²) in [6.45, 7) is 1.73. The van der Waals surface area contributed by atoms with Crippen molar-refractivity contribution in [1.29, 1.82) is 0 Å². The van der Waals surface area contributed by atoms with Crippen molar-refractivity contribution in [2.45, 2.75) is 45.0 Å². The van der Waals surface area contributed by atoms with Crippen molar-refractivity contribution in [3.8, 4) is 0 Å². The first-order valence-electron chi connectivity index (χ1n) is 7.43. The number of rotatable bonds is 6. The highest BCUT2D eigenvalue weighted by molar-refractivity contribution is 5.91. The number of nitrogens with zero attached hydrogens (tertiary/aromatic N) is 1. The first kappa shape index (κ1) is 17.5. The minimum Gasteiger partial charge on any atom is -0.462 e. The molecule has 0 aliphatic heterocycles. The molecule has 2 rings (SSSR count). The van der Waals surface area contributed by atoms with Crippen LogP contribution in [0, 0.1) is 0 Å². The number of pyridine rings is 1. The molecule has 1 saturated carbocycles. The van der Waals surface area contributed by atoms with Crippen LogP contribution in [0.25, 0.3) is 0 Å². The van der Waals surface area contributed by atoms with Crippen LogP contribution < -0.4 is 5.56 Å². The second-order valence-electron chi connectivity index (χ2n) is 5.27. The molecule has 0 saturated heterocycles. The molecule has 1 fully saturated rings. The molecule has 1 aliphatic carbocycles. The van der Waals surface area contributed by atoms with Crippen molar-refractivity contribution in [3.05, 3.63) is 33.7 Å². The number of halogens is 3. The minimum atomic E-state index is -4.80. The van der Waals surface area contributed by atoms with Crippen molar-refractivity contribution >= 4 is 5.97 Å². The number of carbonyl (C=O) groups excluding carboxylic acids is 1. The van der Waals surface area contributed by atoms with Crippen LogP contribution in [0.1, 0.15) is 42.1 Å². The SMILES string of the molecule is CCOC(=O)c1cn(CCOC2CCC2)c(=O)cc1C(F)(F)F. The van der Waals surface area contributed by atoms with Crippen LogP contribution in [0.3, 0.4) is 0 Å². The highest BCUT2D eigenvalue weighted by atomic mass is 19.4. The number of hydrogen-bond donors (Lipinski definition) is 0. The number of carbonyl (C=O) groups is 1. The first-order valence-corrected chi connectivity index (χ1v) is 7.43. The van der Waals surface area contributed by atoms with E-state index in [1.54, 1.807) is 0 Å². The monoisotopic (exact) mass is 333 g/mol. The van der Waals surface area contributed by atoms with Crippen LogP contribution in [-0.4, -0.2) is 29.9 Å². The highest BCUT2D eigenvalue weighted by Gasteiger charge is 2.36. The van der Waals surface area contributed by atoms with E-state index < -0.39 is 28.8 Å². The molecule has 0 N–H and O–H groups in total. The molecule has 1 aromatic heterocycles. The van der Waals surface area contributed by atoms with E-state index in [4.69, 9.17) is 4.74 Å². The third-order valence-corrected chi connectivity index (χ3v) is 3.66. The molecule has 0 atom stereocenters. The molecular formula is C15H18F3NO4. The molecule has 8 heteroatoms. The summed E-state index contributed by atoms with van der Waals surface area (Å²) in [5.74, 6) is -1.10. The summed E-state index contributed by atoms with van der Waals surface area (Å²) >= 11 is 0. The second kappa shape index (κ2) is 7.16. The molecule has 0 radical (unpaired) electrons. The van der Waals surface area contributed by atoms with E-state index in [-0.39, 0.29) is 25.9 Å². The van der Waals surface area contributed by atoms with Crippen molar-refractivity contribution in [1.82, 2.24) is 4.57 Å². The molecule has 0 amide bonds. The Hall–Kier alpha value is -1.83. The summed E-state index contributed by atoms with van der Waals surface area (Å²) in [6.07, 6.45) is -0.746. The first-order chi connectivity index (χ1) is 10.8. The molecular weight excluding hydrogens is 315 g/mol. The fourth-order valence-electron chi connectivity index (χ4n) is 2.21. The zero-order chi connectivity index (χ0) is 17.0. The molecule has 0 aromatic carbocycles. The van der Waals surface area contributed by atoms with Crippen molar-refractivity contribution in [3.63, 3.8) is 0 Å². The van der Waals surface area contributed by atoms with Crippen LogP contribution in [0.4, 0.5) is 13.2 Å². The van der Waals surface area contributed by atoms with Crippen molar-refractivity contribution in [2.75, 3.05) is 13.2 Å². The highest BCUT2D eigenvalue weighted by Crippen LogP contribution is 2.31. The van der Waals surface area contributed by atoms with Gasteiger partial charge in [0.25, 0.3) is 5.56 Å². The smallest absolute Gasteiger partial charge is 0.417 e. The van der Waals surface area contributed by atoms with Gasteiger partial charge in [0, 0.05) is 18.8 Å². The van der Waals surface area contributed by atoms with Gasteiger partial charge < -0.3 is 14.0 Å². The van der Waals surface area contributed by atoms with Crippen molar-refractivity contribution < 1.29 is 27.4 Å². The Morgan fingerprint density at radius 2 is 2.09 bits per heavy atom. The number of ether oxygens (including phenoxy) is 2. The summed E-state index contributed by atoms with van der Waals surface area (Å²) in [7, 11) is 0. The maximum Gasteiger partial charge on any atom is 0.417 e. The molecule has 0 spiro atoms. The van der Waals surface area contributed by atoms with Gasteiger partial charge in [-0.05, 0) is 26.2 Å². The number of aromatic nitrogens is 1. The van der Waals surface area contributed by atoms with E-state index in [1.807, 2.05) is 0 Å². The minimum absolute atomic E-state index is 0.0555. The van der Waals surface area contributed by atoms with Crippen LogP contribution in [-0.2, 0) is 22.2 Å². The third kappa shape index (κ3) is 4.34. The molecule has 5 nitrogen and oxygen atoms in total. The Morgan fingerprint density at radius 1 is 1.39 bits per heavy atom. The fraction of sp³-hybridized carbons (Fsp3) is 0.600. The summed E-state index contributed by atoms with van der Waals surface area (Å²) in [5.41, 5.74) is -2.78. The Kier molecular flexibility index (Phi) is 5.46. The molecule has 1 aromatic rings. The lowest BCUT2D eigenvalue weighted by molar-refractivity contribution is -0.138. The number of hydrogen-bond acceptors (Lipinski definition) is 4. The summed E-state index contributed by atoms with van der Waals surface area (Å²) in [5, 5.41) is 0. The van der Waals surface area contributed by atoms with Gasteiger partial charge in [-0.15, -0.1) is 0 Å². The van der Waals surface area contributed by atoms with Crippen molar-refractivity contribution in [2.24, 2.45) is 0 Å². The lowest BCUT2D eigenvalue weighted by atomic mass is 9.96. The Labute approximate surface area is 131 Å². The van der Waals surface area contributed by atoms with Gasteiger partial charge in [0.15, 0.2) is 0 Å². The lowest BCUT2D eigenvalue weighted by Crippen LogP contribution is -2.29. The quantitative estimate of drug-likeness (QED) is 0.751. The number of alkyl halides is 3.